The van der Waals surface area contributed by atoms with Gasteiger partial charge in [-0.2, -0.15) is 4.98 Å². The molecule has 2 aromatic heterocycles. The van der Waals surface area contributed by atoms with Gasteiger partial charge >= 0.3 is 5.69 Å². The first-order valence-corrected chi connectivity index (χ1v) is 6.73. The highest BCUT2D eigenvalue weighted by Gasteiger charge is 2.09. The van der Waals surface area contributed by atoms with Crippen LogP contribution in [0.2, 0.25) is 0 Å². The molecular formula is C15H17N5O. The zero-order valence-electron chi connectivity index (χ0n) is 12.5. The van der Waals surface area contributed by atoms with Gasteiger partial charge in [-0.15, -0.1) is 5.10 Å². The van der Waals surface area contributed by atoms with Crippen molar-refractivity contribution in [3.63, 3.8) is 0 Å². The molecule has 1 N–H and O–H groups in total. The molecule has 108 valence electrons. The summed E-state index contributed by atoms with van der Waals surface area (Å²) >= 11 is 0. The van der Waals surface area contributed by atoms with Crippen LogP contribution in [0, 0.1) is 20.8 Å². The molecule has 1 aromatic carbocycles. The first kappa shape index (κ1) is 13.4. The summed E-state index contributed by atoms with van der Waals surface area (Å²) in [6.45, 7) is 5.97. The Kier molecular flexibility index (Phi) is 3.01. The number of aryl methyl sites for hydroxylation is 4. The number of aromatic nitrogens is 4. The summed E-state index contributed by atoms with van der Waals surface area (Å²) in [5.41, 5.74) is 3.95. The van der Waals surface area contributed by atoms with Crippen LogP contribution >= 0.6 is 0 Å². The first-order chi connectivity index (χ1) is 9.94. The molecule has 0 bridgehead atoms. The molecule has 0 aliphatic rings. The lowest BCUT2D eigenvalue weighted by atomic mass is 10.1. The van der Waals surface area contributed by atoms with Gasteiger partial charge in [-0.1, -0.05) is 6.07 Å². The molecule has 2 heterocycles. The van der Waals surface area contributed by atoms with Crippen molar-refractivity contribution in [1.29, 1.82) is 0 Å². The van der Waals surface area contributed by atoms with E-state index in [-0.39, 0.29) is 5.69 Å². The molecular weight excluding hydrogens is 266 g/mol. The fourth-order valence-corrected chi connectivity index (χ4v) is 2.49. The van der Waals surface area contributed by atoms with Gasteiger partial charge in [-0.3, -0.25) is 0 Å². The van der Waals surface area contributed by atoms with E-state index in [0.29, 0.717) is 11.6 Å². The Morgan fingerprint density at radius 2 is 1.71 bits per heavy atom. The fourth-order valence-electron chi connectivity index (χ4n) is 2.49. The molecule has 3 rings (SSSR count). The van der Waals surface area contributed by atoms with Gasteiger partial charge < -0.3 is 5.32 Å². The van der Waals surface area contributed by atoms with Crippen molar-refractivity contribution in [1.82, 2.24) is 19.2 Å². The van der Waals surface area contributed by atoms with E-state index >= 15 is 0 Å². The molecule has 0 saturated carbocycles. The van der Waals surface area contributed by atoms with Crippen LogP contribution in [0.4, 0.5) is 11.5 Å². The maximum Gasteiger partial charge on any atom is 0.351 e. The van der Waals surface area contributed by atoms with Crippen molar-refractivity contribution < 1.29 is 0 Å². The topological polar surface area (TPSA) is 64.2 Å². The molecule has 6 nitrogen and oxygen atoms in total. The third kappa shape index (κ3) is 2.40. The number of rotatable bonds is 2. The van der Waals surface area contributed by atoms with Crippen molar-refractivity contribution in [2.24, 2.45) is 7.05 Å². The minimum Gasteiger partial charge on any atom is -0.340 e. The molecule has 0 atom stereocenters. The molecule has 0 amide bonds. The van der Waals surface area contributed by atoms with Crippen molar-refractivity contribution in [2.45, 2.75) is 20.8 Å². The zero-order chi connectivity index (χ0) is 15.1. The van der Waals surface area contributed by atoms with E-state index in [1.165, 1.54) is 20.2 Å². The Labute approximate surface area is 122 Å². The molecule has 3 aromatic rings. The largest absolute Gasteiger partial charge is 0.351 e. The third-order valence-corrected chi connectivity index (χ3v) is 3.32. The Balaban J connectivity index is 2.07. The van der Waals surface area contributed by atoms with Gasteiger partial charge in [-0.25, -0.2) is 13.9 Å². The predicted octanol–water partition coefficient (Wildman–Crippen LogP) is 2.10. The number of hydrogen-bond donors (Lipinski definition) is 1. The Bertz CT molecular complexity index is 871. The quantitative estimate of drug-likeness (QED) is 0.782. The maximum atomic E-state index is 11.9. The summed E-state index contributed by atoms with van der Waals surface area (Å²) in [6, 6.07) is 8.07. The van der Waals surface area contributed by atoms with Crippen LogP contribution in [-0.2, 0) is 7.05 Å². The summed E-state index contributed by atoms with van der Waals surface area (Å²) in [5.74, 6) is 1.07. The standard InChI is InChI=1S/C15H17N5O/c1-9-5-10(2)7-12(6-9)16-13-8-11(3)20-14(17-13)18-19(4)15(20)21/h5-8H,1-4H3,(H,16,17,18). The highest BCUT2D eigenvalue weighted by atomic mass is 16.2. The number of hydrogen-bond acceptors (Lipinski definition) is 4. The van der Waals surface area contributed by atoms with Crippen molar-refractivity contribution in [2.75, 3.05) is 5.32 Å². The maximum absolute atomic E-state index is 11.9. The molecule has 0 saturated heterocycles. The number of nitrogens with zero attached hydrogens (tertiary/aromatic N) is 4. The Hall–Kier alpha value is -2.63. The van der Waals surface area contributed by atoms with E-state index in [2.05, 4.69) is 47.4 Å². The molecule has 0 aliphatic carbocycles. The summed E-state index contributed by atoms with van der Waals surface area (Å²) in [4.78, 5) is 16.3. The van der Waals surface area contributed by atoms with Crippen LogP contribution in [0.15, 0.2) is 29.1 Å². The van der Waals surface area contributed by atoms with E-state index < -0.39 is 0 Å². The Morgan fingerprint density at radius 3 is 2.38 bits per heavy atom. The third-order valence-electron chi connectivity index (χ3n) is 3.32. The highest BCUT2D eigenvalue weighted by Crippen LogP contribution is 2.19. The van der Waals surface area contributed by atoms with Crippen LogP contribution < -0.4 is 11.0 Å². The smallest absolute Gasteiger partial charge is 0.340 e. The zero-order valence-corrected chi connectivity index (χ0v) is 12.5. The van der Waals surface area contributed by atoms with E-state index in [1.54, 1.807) is 7.05 Å². The Morgan fingerprint density at radius 1 is 1.05 bits per heavy atom. The summed E-state index contributed by atoms with van der Waals surface area (Å²) < 4.78 is 2.78. The molecule has 0 aliphatic heterocycles. The van der Waals surface area contributed by atoms with Crippen molar-refractivity contribution in [3.05, 3.63) is 51.6 Å². The average molecular weight is 283 g/mol. The summed E-state index contributed by atoms with van der Waals surface area (Å²) in [7, 11) is 1.62. The minimum absolute atomic E-state index is 0.187. The molecule has 0 spiro atoms. The SMILES string of the molecule is Cc1cc(C)cc(Nc2cc(C)n3c(=O)n(C)nc3n2)c1. The minimum atomic E-state index is -0.187. The van der Waals surface area contributed by atoms with Crippen molar-refractivity contribution >= 4 is 17.3 Å². The summed E-state index contributed by atoms with van der Waals surface area (Å²) in [5, 5.41) is 7.40. The molecule has 0 unspecified atom stereocenters. The van der Waals surface area contributed by atoms with Gasteiger partial charge in [-0.05, 0) is 44.0 Å². The second kappa shape index (κ2) is 4.73. The molecule has 21 heavy (non-hydrogen) atoms. The van der Waals surface area contributed by atoms with Crippen LogP contribution in [0.25, 0.3) is 5.78 Å². The van der Waals surface area contributed by atoms with E-state index in [1.807, 2.05) is 13.0 Å². The van der Waals surface area contributed by atoms with E-state index in [9.17, 15) is 4.79 Å². The van der Waals surface area contributed by atoms with Gasteiger partial charge in [0, 0.05) is 24.5 Å². The van der Waals surface area contributed by atoms with Crippen LogP contribution in [0.3, 0.4) is 0 Å². The van der Waals surface area contributed by atoms with Crippen LogP contribution in [-0.4, -0.2) is 19.2 Å². The molecule has 0 radical (unpaired) electrons. The lowest BCUT2D eigenvalue weighted by Gasteiger charge is -2.09. The number of fused-ring (bicyclic) bond motifs is 1. The molecule has 6 heteroatoms. The monoisotopic (exact) mass is 283 g/mol. The van der Waals surface area contributed by atoms with Gasteiger partial charge in [0.05, 0.1) is 0 Å². The normalized spacial score (nSPS) is 11.0. The second-order valence-corrected chi connectivity index (χ2v) is 5.33. The van der Waals surface area contributed by atoms with Crippen LogP contribution in [0.5, 0.6) is 0 Å². The van der Waals surface area contributed by atoms with Crippen LogP contribution in [0.1, 0.15) is 16.8 Å². The second-order valence-electron chi connectivity index (χ2n) is 5.33. The van der Waals surface area contributed by atoms with Gasteiger partial charge in [0.2, 0.25) is 0 Å². The lowest BCUT2D eigenvalue weighted by molar-refractivity contribution is 0.730. The van der Waals surface area contributed by atoms with E-state index in [4.69, 9.17) is 0 Å². The summed E-state index contributed by atoms with van der Waals surface area (Å²) in [6.07, 6.45) is 0. The van der Waals surface area contributed by atoms with Gasteiger partial charge in [0.1, 0.15) is 5.82 Å². The van der Waals surface area contributed by atoms with Gasteiger partial charge in [0.15, 0.2) is 0 Å². The fraction of sp³-hybridized carbons (Fsp3) is 0.267. The van der Waals surface area contributed by atoms with E-state index in [0.717, 1.165) is 11.4 Å². The van der Waals surface area contributed by atoms with Crippen molar-refractivity contribution in [3.8, 4) is 0 Å². The highest BCUT2D eigenvalue weighted by molar-refractivity contribution is 5.60. The molecule has 0 fully saturated rings. The van der Waals surface area contributed by atoms with Gasteiger partial charge in [0.25, 0.3) is 5.78 Å². The average Bonchev–Trinajstić information content (AvgIpc) is 2.63. The lowest BCUT2D eigenvalue weighted by Crippen LogP contribution is -2.19. The number of nitrogens with one attached hydrogen (secondary N) is 1. The number of anilines is 2. The first-order valence-electron chi connectivity index (χ1n) is 6.73. The predicted molar refractivity (Wildman–Crippen MR) is 82.2 cm³/mol. The number of benzene rings is 1.